The molecule has 0 aromatic carbocycles. The first kappa shape index (κ1) is 12.2. The van der Waals surface area contributed by atoms with Gasteiger partial charge in [-0.2, -0.15) is 5.10 Å². The highest BCUT2D eigenvalue weighted by Crippen LogP contribution is 2.10. The number of hydrogen-bond acceptors (Lipinski definition) is 2. The van der Waals surface area contributed by atoms with Crippen LogP contribution in [0.25, 0.3) is 0 Å². The standard InChI is InChI=1S/C10H16BrN3O/c1-7(5-11)14(4)10(15)9-6-13(3)12-8(9)2/h6-7H,5H2,1-4H3. The van der Waals surface area contributed by atoms with Crippen LogP contribution in [0.3, 0.4) is 0 Å². The smallest absolute Gasteiger partial charge is 0.257 e. The molecule has 84 valence electrons. The maximum Gasteiger partial charge on any atom is 0.257 e. The first-order chi connectivity index (χ1) is 6.97. The second kappa shape index (κ2) is 4.79. The minimum atomic E-state index is 0.0209. The van der Waals surface area contributed by atoms with Gasteiger partial charge in [-0.3, -0.25) is 9.48 Å². The summed E-state index contributed by atoms with van der Waals surface area (Å²) in [4.78, 5) is 13.8. The minimum Gasteiger partial charge on any atom is -0.338 e. The second-order valence-corrected chi connectivity index (χ2v) is 4.37. The van der Waals surface area contributed by atoms with Crippen LogP contribution in [-0.4, -0.2) is 39.0 Å². The van der Waals surface area contributed by atoms with E-state index in [0.717, 1.165) is 11.0 Å². The lowest BCUT2D eigenvalue weighted by atomic mass is 10.2. The van der Waals surface area contributed by atoms with Gasteiger partial charge < -0.3 is 4.90 Å². The van der Waals surface area contributed by atoms with Gasteiger partial charge in [0.05, 0.1) is 11.3 Å². The van der Waals surface area contributed by atoms with Gasteiger partial charge in [0, 0.05) is 31.7 Å². The van der Waals surface area contributed by atoms with Gasteiger partial charge in [0.2, 0.25) is 0 Å². The van der Waals surface area contributed by atoms with Crippen LogP contribution < -0.4 is 0 Å². The first-order valence-electron chi connectivity index (χ1n) is 4.80. The highest BCUT2D eigenvalue weighted by atomic mass is 79.9. The number of aromatic nitrogens is 2. The Morgan fingerprint density at radius 1 is 1.73 bits per heavy atom. The highest BCUT2D eigenvalue weighted by Gasteiger charge is 2.20. The Bertz CT molecular complexity index is 362. The lowest BCUT2D eigenvalue weighted by Gasteiger charge is -2.22. The minimum absolute atomic E-state index is 0.0209. The van der Waals surface area contributed by atoms with Crippen molar-refractivity contribution in [2.45, 2.75) is 19.9 Å². The molecule has 0 aliphatic heterocycles. The van der Waals surface area contributed by atoms with Crippen LogP contribution in [0, 0.1) is 6.92 Å². The molecule has 0 radical (unpaired) electrons. The normalized spacial score (nSPS) is 12.6. The molecule has 1 atom stereocenters. The van der Waals surface area contributed by atoms with Gasteiger partial charge in [-0.1, -0.05) is 15.9 Å². The Kier molecular flexibility index (Phi) is 3.90. The summed E-state index contributed by atoms with van der Waals surface area (Å²) in [5, 5.41) is 4.93. The van der Waals surface area contributed by atoms with E-state index in [9.17, 15) is 4.79 Å². The lowest BCUT2D eigenvalue weighted by molar-refractivity contribution is 0.0757. The molecule has 1 aromatic rings. The van der Waals surface area contributed by atoms with Crippen LogP contribution in [0.5, 0.6) is 0 Å². The van der Waals surface area contributed by atoms with Crippen molar-refractivity contribution in [3.8, 4) is 0 Å². The van der Waals surface area contributed by atoms with Crippen molar-refractivity contribution in [1.82, 2.24) is 14.7 Å². The molecule has 15 heavy (non-hydrogen) atoms. The molecule has 0 bridgehead atoms. The summed E-state index contributed by atoms with van der Waals surface area (Å²) in [6.07, 6.45) is 1.76. The lowest BCUT2D eigenvalue weighted by Crippen LogP contribution is -2.36. The number of carbonyl (C=O) groups excluding carboxylic acids is 1. The molecule has 1 aromatic heterocycles. The summed E-state index contributed by atoms with van der Waals surface area (Å²) in [6.45, 7) is 3.85. The number of rotatable bonds is 3. The number of amides is 1. The van der Waals surface area contributed by atoms with E-state index < -0.39 is 0 Å². The molecule has 0 aliphatic rings. The topological polar surface area (TPSA) is 38.1 Å². The maximum absolute atomic E-state index is 12.0. The molecule has 1 unspecified atom stereocenters. The van der Waals surface area contributed by atoms with Gasteiger partial charge in [-0.15, -0.1) is 0 Å². The van der Waals surface area contributed by atoms with Crippen molar-refractivity contribution in [2.24, 2.45) is 7.05 Å². The Morgan fingerprint density at radius 2 is 2.33 bits per heavy atom. The fraction of sp³-hybridized carbons (Fsp3) is 0.600. The third kappa shape index (κ3) is 2.59. The quantitative estimate of drug-likeness (QED) is 0.785. The summed E-state index contributed by atoms with van der Waals surface area (Å²) in [6, 6.07) is 0.178. The van der Waals surface area contributed by atoms with Gasteiger partial charge in [0.25, 0.3) is 5.91 Å². The Morgan fingerprint density at radius 3 is 2.73 bits per heavy atom. The molecule has 1 amide bonds. The van der Waals surface area contributed by atoms with E-state index in [1.54, 1.807) is 22.8 Å². The second-order valence-electron chi connectivity index (χ2n) is 3.72. The van der Waals surface area contributed by atoms with Crippen molar-refractivity contribution in [2.75, 3.05) is 12.4 Å². The number of hydrogen-bond donors (Lipinski definition) is 0. The monoisotopic (exact) mass is 273 g/mol. The molecule has 0 saturated carbocycles. The van der Waals surface area contributed by atoms with Crippen LogP contribution in [0.2, 0.25) is 0 Å². The molecular weight excluding hydrogens is 258 g/mol. The van der Waals surface area contributed by atoms with Crippen molar-refractivity contribution < 1.29 is 4.79 Å². The van der Waals surface area contributed by atoms with E-state index in [1.165, 1.54) is 0 Å². The molecule has 0 aliphatic carbocycles. The van der Waals surface area contributed by atoms with Crippen LogP contribution in [0.1, 0.15) is 23.0 Å². The van der Waals surface area contributed by atoms with Crippen LogP contribution in [-0.2, 0) is 7.05 Å². The number of halogens is 1. The fourth-order valence-electron chi connectivity index (χ4n) is 1.30. The van der Waals surface area contributed by atoms with Gasteiger partial charge >= 0.3 is 0 Å². The predicted octanol–water partition coefficient (Wildman–Crippen LogP) is 1.58. The van der Waals surface area contributed by atoms with Crippen molar-refractivity contribution in [3.63, 3.8) is 0 Å². The van der Waals surface area contributed by atoms with Crippen molar-refractivity contribution in [1.29, 1.82) is 0 Å². The Labute approximate surface area is 98.4 Å². The van der Waals surface area contributed by atoms with Crippen LogP contribution in [0.15, 0.2) is 6.20 Å². The number of nitrogens with zero attached hydrogens (tertiary/aromatic N) is 3. The predicted molar refractivity (Wildman–Crippen MR) is 63.3 cm³/mol. The van der Waals surface area contributed by atoms with E-state index in [-0.39, 0.29) is 11.9 Å². The van der Waals surface area contributed by atoms with E-state index in [2.05, 4.69) is 21.0 Å². The molecule has 1 rings (SSSR count). The van der Waals surface area contributed by atoms with Gasteiger partial charge in [-0.25, -0.2) is 0 Å². The molecule has 5 heteroatoms. The maximum atomic E-state index is 12.0. The van der Waals surface area contributed by atoms with E-state index in [0.29, 0.717) is 5.56 Å². The highest BCUT2D eigenvalue weighted by molar-refractivity contribution is 9.09. The molecule has 0 spiro atoms. The third-order valence-corrected chi connectivity index (χ3v) is 3.39. The van der Waals surface area contributed by atoms with Crippen molar-refractivity contribution >= 4 is 21.8 Å². The molecular formula is C10H16BrN3O. The summed E-state index contributed by atoms with van der Waals surface area (Å²) in [7, 11) is 3.62. The largest absolute Gasteiger partial charge is 0.338 e. The molecule has 0 N–H and O–H groups in total. The molecule has 0 fully saturated rings. The summed E-state index contributed by atoms with van der Waals surface area (Å²) in [5.41, 5.74) is 1.45. The number of alkyl halides is 1. The van der Waals surface area contributed by atoms with Crippen LogP contribution >= 0.6 is 15.9 Å². The average molecular weight is 274 g/mol. The van der Waals surface area contributed by atoms with E-state index in [1.807, 2.05) is 20.9 Å². The summed E-state index contributed by atoms with van der Waals surface area (Å²) < 4.78 is 1.66. The van der Waals surface area contributed by atoms with Crippen molar-refractivity contribution in [3.05, 3.63) is 17.5 Å². The molecule has 0 saturated heterocycles. The Hall–Kier alpha value is -0.840. The van der Waals surface area contributed by atoms with Gasteiger partial charge in [0.15, 0.2) is 0 Å². The van der Waals surface area contributed by atoms with Gasteiger partial charge in [-0.05, 0) is 13.8 Å². The van der Waals surface area contributed by atoms with Gasteiger partial charge in [0.1, 0.15) is 0 Å². The SMILES string of the molecule is Cc1nn(C)cc1C(=O)N(C)C(C)CBr. The average Bonchev–Trinajstić information content (AvgIpc) is 2.54. The fourth-order valence-corrected chi connectivity index (χ4v) is 1.74. The first-order valence-corrected chi connectivity index (χ1v) is 5.93. The summed E-state index contributed by atoms with van der Waals surface area (Å²) >= 11 is 3.37. The summed E-state index contributed by atoms with van der Waals surface area (Å²) in [5.74, 6) is 0.0209. The Balaban J connectivity index is 2.89. The third-order valence-electron chi connectivity index (χ3n) is 2.45. The van der Waals surface area contributed by atoms with Crippen LogP contribution in [0.4, 0.5) is 0 Å². The zero-order valence-corrected chi connectivity index (χ0v) is 11.1. The number of carbonyl (C=O) groups is 1. The molecule has 1 heterocycles. The zero-order valence-electron chi connectivity index (χ0n) is 9.49. The van der Waals surface area contributed by atoms with E-state index >= 15 is 0 Å². The number of aryl methyl sites for hydroxylation is 2. The van der Waals surface area contributed by atoms with E-state index in [4.69, 9.17) is 0 Å². The molecule has 4 nitrogen and oxygen atoms in total. The zero-order chi connectivity index (χ0) is 11.6.